The fraction of sp³-hybridized carbons (Fsp3) is 0.692. The number of sulfone groups is 1. The Bertz CT molecular complexity index is 1140. The van der Waals surface area contributed by atoms with Crippen LogP contribution in [0.2, 0.25) is 25.7 Å². The lowest BCUT2D eigenvalue weighted by atomic mass is 9.99. The predicted molar refractivity (Wildman–Crippen MR) is 148 cm³/mol. The normalized spacial score (nSPS) is 15.5. The molecule has 10 heteroatoms. The highest BCUT2D eigenvalue weighted by atomic mass is 32.2. The van der Waals surface area contributed by atoms with Gasteiger partial charge < -0.3 is 15.0 Å². The fourth-order valence-corrected chi connectivity index (χ4v) is 7.26. The summed E-state index contributed by atoms with van der Waals surface area (Å²) in [7, 11) is -4.88. The zero-order valence-corrected chi connectivity index (χ0v) is 24.5. The first-order valence-electron chi connectivity index (χ1n) is 13.5. The van der Waals surface area contributed by atoms with E-state index in [4.69, 9.17) is 4.74 Å². The summed E-state index contributed by atoms with van der Waals surface area (Å²) in [5.41, 5.74) is 6.65. The second-order valence-corrected chi connectivity index (χ2v) is 18.9. The van der Waals surface area contributed by atoms with Crippen LogP contribution in [0.4, 0.5) is 11.6 Å². The molecule has 0 bridgehead atoms. The van der Waals surface area contributed by atoms with Crippen molar-refractivity contribution < 1.29 is 13.2 Å². The molecule has 200 valence electrons. The molecular weight excluding hydrogens is 490 g/mol. The van der Waals surface area contributed by atoms with Gasteiger partial charge in [-0.25, -0.2) is 13.1 Å². The van der Waals surface area contributed by atoms with Crippen LogP contribution in [0.1, 0.15) is 48.9 Å². The van der Waals surface area contributed by atoms with E-state index < -0.39 is 17.9 Å². The molecule has 0 spiro atoms. The molecule has 4 rings (SSSR count). The fourth-order valence-electron chi connectivity index (χ4n) is 5.18. The smallest absolute Gasteiger partial charge is 0.249 e. The van der Waals surface area contributed by atoms with Gasteiger partial charge in [0.2, 0.25) is 20.9 Å². The largest absolute Gasteiger partial charge is 0.359 e. The van der Waals surface area contributed by atoms with Crippen LogP contribution in [0.5, 0.6) is 0 Å². The molecule has 2 aliphatic rings. The maximum atomic E-state index is 13.4. The van der Waals surface area contributed by atoms with Gasteiger partial charge in [0.15, 0.2) is 0 Å². The van der Waals surface area contributed by atoms with Crippen LogP contribution in [0.15, 0.2) is 11.2 Å². The summed E-state index contributed by atoms with van der Waals surface area (Å²) >= 11 is 0. The molecule has 1 aromatic carbocycles. The molecule has 0 saturated heterocycles. The molecule has 0 aliphatic heterocycles. The molecule has 36 heavy (non-hydrogen) atoms. The lowest BCUT2D eigenvalue weighted by Crippen LogP contribution is -2.30. The molecule has 2 aromatic rings. The van der Waals surface area contributed by atoms with Crippen LogP contribution in [-0.2, 0) is 47.0 Å². The number of hydrogen-bond donors (Lipinski definition) is 1. The molecule has 0 fully saturated rings. The van der Waals surface area contributed by atoms with Crippen molar-refractivity contribution in [3.8, 4) is 0 Å². The lowest BCUT2D eigenvalue weighted by Gasteiger charge is -2.17. The summed E-state index contributed by atoms with van der Waals surface area (Å²) in [6, 6.07) is 3.40. The third-order valence-electron chi connectivity index (χ3n) is 7.41. The third-order valence-corrected chi connectivity index (χ3v) is 10.7. The number of nitrogens with zero attached hydrogens (tertiary/aromatic N) is 4. The van der Waals surface area contributed by atoms with E-state index in [1.165, 1.54) is 26.9 Å². The summed E-state index contributed by atoms with van der Waals surface area (Å²) in [6.07, 6.45) is 6.61. The van der Waals surface area contributed by atoms with Gasteiger partial charge >= 0.3 is 0 Å². The van der Waals surface area contributed by atoms with E-state index in [0.29, 0.717) is 19.1 Å². The Morgan fingerprint density at radius 1 is 1.06 bits per heavy atom. The monoisotopic (exact) mass is 533 g/mol. The van der Waals surface area contributed by atoms with Crippen LogP contribution >= 0.6 is 0 Å². The Morgan fingerprint density at radius 2 is 1.69 bits per heavy atom. The van der Waals surface area contributed by atoms with E-state index in [2.05, 4.69) is 46.0 Å². The van der Waals surface area contributed by atoms with Crippen molar-refractivity contribution in [2.75, 3.05) is 37.3 Å². The van der Waals surface area contributed by atoms with E-state index in [1.807, 2.05) is 13.8 Å². The van der Waals surface area contributed by atoms with E-state index in [1.54, 1.807) is 0 Å². The molecule has 0 amide bonds. The van der Waals surface area contributed by atoms with Crippen molar-refractivity contribution in [2.24, 2.45) is 0 Å². The minimum Gasteiger partial charge on any atom is -0.359 e. The molecule has 8 nitrogen and oxygen atoms in total. The van der Waals surface area contributed by atoms with E-state index in [0.717, 1.165) is 63.3 Å². The Labute approximate surface area is 217 Å². The maximum Gasteiger partial charge on any atom is 0.249 e. The van der Waals surface area contributed by atoms with Gasteiger partial charge in [-0.3, -0.25) is 0 Å². The number of fused-ring (bicyclic) bond motifs is 2. The average molecular weight is 534 g/mol. The molecule has 0 atom stereocenters. The highest BCUT2D eigenvalue weighted by molar-refractivity contribution is 7.91. The first-order chi connectivity index (χ1) is 17.1. The summed E-state index contributed by atoms with van der Waals surface area (Å²) in [5.74, 6) is 0.359. The summed E-state index contributed by atoms with van der Waals surface area (Å²) in [4.78, 5) is 6.66. The first-order valence-corrected chi connectivity index (χ1v) is 18.9. The summed E-state index contributed by atoms with van der Waals surface area (Å²) < 4.78 is 34.1. The number of aromatic nitrogens is 3. The molecule has 0 radical (unpaired) electrons. The Hall–Kier alpha value is -1.75. The highest BCUT2D eigenvalue weighted by Crippen LogP contribution is 2.39. The summed E-state index contributed by atoms with van der Waals surface area (Å²) in [5, 5.41) is 8.08. The average Bonchev–Trinajstić information content (AvgIpc) is 3.56. The maximum absolute atomic E-state index is 13.4. The van der Waals surface area contributed by atoms with Gasteiger partial charge in [-0.1, -0.05) is 39.6 Å². The van der Waals surface area contributed by atoms with E-state index in [-0.39, 0.29) is 17.6 Å². The van der Waals surface area contributed by atoms with Crippen molar-refractivity contribution in [1.82, 2.24) is 19.7 Å². The number of hydrogen-bond acceptors (Lipinski definition) is 7. The van der Waals surface area contributed by atoms with Crippen LogP contribution in [0.25, 0.3) is 0 Å². The van der Waals surface area contributed by atoms with Crippen LogP contribution in [0.3, 0.4) is 0 Å². The second-order valence-electron chi connectivity index (χ2n) is 11.3. The molecular formula is C26H43N5O3SSi. The van der Waals surface area contributed by atoms with Gasteiger partial charge in [-0.05, 0) is 79.9 Å². The number of benzene rings is 1. The third kappa shape index (κ3) is 6.38. The standard InChI is InChI=1S/C26H43N5O3SSi/c1-6-30(7-2)14-16-35(32,33)26-28-25(29-31(26)19-34-15-17-36(3,4)5)27-24-22-12-8-10-20(22)18-21-11-9-13-23(21)24/h18H,6-17,19H2,1-5H3,(H,27,29). The number of ether oxygens (including phenoxy) is 1. The van der Waals surface area contributed by atoms with Gasteiger partial charge in [0.1, 0.15) is 6.73 Å². The minimum atomic E-state index is -3.63. The summed E-state index contributed by atoms with van der Waals surface area (Å²) in [6.45, 7) is 13.8. The van der Waals surface area contributed by atoms with Crippen LogP contribution < -0.4 is 5.32 Å². The molecule has 1 heterocycles. The van der Waals surface area contributed by atoms with Crippen molar-refractivity contribution in [1.29, 1.82) is 0 Å². The van der Waals surface area contributed by atoms with Gasteiger partial charge in [-0.2, -0.15) is 4.98 Å². The zero-order valence-electron chi connectivity index (χ0n) is 22.7. The topological polar surface area (TPSA) is 89.4 Å². The van der Waals surface area contributed by atoms with Gasteiger partial charge in [0.25, 0.3) is 0 Å². The first kappa shape index (κ1) is 27.3. The SMILES string of the molecule is CCN(CC)CCS(=O)(=O)c1nc(Nc2c3c(cc4c2CCC4)CCC3)nn1COCC[Si](C)(C)C. The Balaban J connectivity index is 1.61. The van der Waals surface area contributed by atoms with E-state index >= 15 is 0 Å². The molecule has 1 N–H and O–H groups in total. The van der Waals surface area contributed by atoms with Gasteiger partial charge in [0, 0.05) is 26.9 Å². The van der Waals surface area contributed by atoms with Crippen molar-refractivity contribution >= 4 is 29.5 Å². The second kappa shape index (κ2) is 11.3. The van der Waals surface area contributed by atoms with Crippen LogP contribution in [-0.4, -0.2) is 68.2 Å². The van der Waals surface area contributed by atoms with Crippen molar-refractivity contribution in [3.05, 3.63) is 28.3 Å². The minimum absolute atomic E-state index is 0.00520. The molecule has 0 unspecified atom stereocenters. The van der Waals surface area contributed by atoms with Crippen molar-refractivity contribution in [2.45, 2.75) is 89.9 Å². The van der Waals surface area contributed by atoms with Gasteiger partial charge in [0.05, 0.1) is 5.75 Å². The molecule has 1 aromatic heterocycles. The Kier molecular flexibility index (Phi) is 8.59. The van der Waals surface area contributed by atoms with E-state index in [9.17, 15) is 8.42 Å². The van der Waals surface area contributed by atoms with Crippen LogP contribution in [0, 0.1) is 0 Å². The highest BCUT2D eigenvalue weighted by Gasteiger charge is 2.28. The molecule has 2 aliphatic carbocycles. The number of rotatable bonds is 13. The Morgan fingerprint density at radius 3 is 2.28 bits per heavy atom. The number of anilines is 2. The number of aryl methyl sites for hydroxylation is 2. The number of nitrogens with one attached hydrogen (secondary N) is 1. The zero-order chi connectivity index (χ0) is 25.9. The van der Waals surface area contributed by atoms with Gasteiger partial charge in [-0.15, -0.1) is 5.10 Å². The lowest BCUT2D eigenvalue weighted by molar-refractivity contribution is 0.0715. The predicted octanol–water partition coefficient (Wildman–Crippen LogP) is 4.43. The quantitative estimate of drug-likeness (QED) is 0.301. The molecule has 0 saturated carbocycles. The van der Waals surface area contributed by atoms with Crippen molar-refractivity contribution in [3.63, 3.8) is 0 Å².